The van der Waals surface area contributed by atoms with Crippen LogP contribution in [0.25, 0.3) is 11.1 Å². The van der Waals surface area contributed by atoms with Crippen molar-refractivity contribution < 1.29 is 17.2 Å². The van der Waals surface area contributed by atoms with Gasteiger partial charge in [0.25, 0.3) is 9.05 Å². The van der Waals surface area contributed by atoms with Crippen molar-refractivity contribution in [3.05, 3.63) is 54.1 Å². The lowest BCUT2D eigenvalue weighted by Crippen LogP contribution is -1.92. The van der Waals surface area contributed by atoms with Gasteiger partial charge in [0.15, 0.2) is 0 Å². The van der Waals surface area contributed by atoms with Crippen molar-refractivity contribution in [1.82, 2.24) is 0 Å². The third-order valence-corrected chi connectivity index (χ3v) is 3.71. The lowest BCUT2D eigenvalue weighted by Gasteiger charge is -2.05. The molecule has 0 radical (unpaired) electrons. The summed E-state index contributed by atoms with van der Waals surface area (Å²) >= 11 is 0. The summed E-state index contributed by atoms with van der Waals surface area (Å²) < 4.78 is 48.7. The summed E-state index contributed by atoms with van der Waals surface area (Å²) in [5.74, 6) is -1.46. The van der Waals surface area contributed by atoms with Crippen LogP contribution in [0.1, 0.15) is 0 Å². The van der Waals surface area contributed by atoms with E-state index in [-0.39, 0.29) is 10.5 Å². The van der Waals surface area contributed by atoms with E-state index in [1.807, 2.05) is 0 Å². The van der Waals surface area contributed by atoms with Crippen LogP contribution in [-0.2, 0) is 9.05 Å². The first kappa shape index (κ1) is 13.0. The fourth-order valence-corrected chi connectivity index (χ4v) is 2.34. The zero-order valence-corrected chi connectivity index (χ0v) is 10.5. The van der Waals surface area contributed by atoms with E-state index in [9.17, 15) is 17.2 Å². The fourth-order valence-electron chi connectivity index (χ4n) is 1.54. The predicted molar refractivity (Wildman–Crippen MR) is 64.8 cm³/mol. The van der Waals surface area contributed by atoms with Gasteiger partial charge in [0, 0.05) is 22.3 Å². The maximum absolute atomic E-state index is 13.5. The molecule has 0 unspecified atom stereocenters. The molecule has 2 nitrogen and oxygen atoms in total. The van der Waals surface area contributed by atoms with E-state index in [0.717, 1.165) is 12.1 Å². The van der Waals surface area contributed by atoms with Crippen LogP contribution in [-0.4, -0.2) is 8.42 Å². The van der Waals surface area contributed by atoms with Crippen molar-refractivity contribution >= 4 is 19.7 Å². The Kier molecular flexibility index (Phi) is 3.36. The summed E-state index contributed by atoms with van der Waals surface area (Å²) in [7, 11) is 1.32. The van der Waals surface area contributed by atoms with Crippen LogP contribution in [0.2, 0.25) is 0 Å². The van der Waals surface area contributed by atoms with Gasteiger partial charge in [-0.05, 0) is 29.8 Å². The van der Waals surface area contributed by atoms with Crippen molar-refractivity contribution in [2.45, 2.75) is 4.90 Å². The van der Waals surface area contributed by atoms with Gasteiger partial charge in [-0.2, -0.15) is 0 Å². The van der Waals surface area contributed by atoms with Crippen LogP contribution in [0, 0.1) is 11.6 Å². The minimum atomic E-state index is -3.88. The van der Waals surface area contributed by atoms with Gasteiger partial charge in [-0.1, -0.05) is 12.1 Å². The molecule has 0 atom stereocenters. The molecule has 94 valence electrons. The van der Waals surface area contributed by atoms with Crippen LogP contribution in [0.4, 0.5) is 8.78 Å². The van der Waals surface area contributed by atoms with E-state index < -0.39 is 20.7 Å². The van der Waals surface area contributed by atoms with Gasteiger partial charge in [0.1, 0.15) is 11.6 Å². The lowest BCUT2D eigenvalue weighted by atomic mass is 10.1. The smallest absolute Gasteiger partial charge is 0.207 e. The molecule has 0 aliphatic rings. The van der Waals surface area contributed by atoms with Crippen molar-refractivity contribution in [3.8, 4) is 11.1 Å². The number of hydrogen-bond donors (Lipinski definition) is 0. The quantitative estimate of drug-likeness (QED) is 0.792. The molecule has 0 aliphatic carbocycles. The summed E-state index contributed by atoms with van der Waals surface area (Å²) in [6, 6.07) is 8.56. The molecule has 0 aromatic heterocycles. The van der Waals surface area contributed by atoms with E-state index in [1.165, 1.54) is 30.3 Å². The van der Waals surface area contributed by atoms with E-state index >= 15 is 0 Å². The summed E-state index contributed by atoms with van der Waals surface area (Å²) in [5, 5.41) is 0. The molecule has 0 N–H and O–H groups in total. The van der Waals surface area contributed by atoms with Crippen LogP contribution >= 0.6 is 10.7 Å². The van der Waals surface area contributed by atoms with Crippen LogP contribution in [0.3, 0.4) is 0 Å². The van der Waals surface area contributed by atoms with E-state index in [4.69, 9.17) is 10.7 Å². The van der Waals surface area contributed by atoms with Crippen LogP contribution in [0.5, 0.6) is 0 Å². The second kappa shape index (κ2) is 4.66. The third kappa shape index (κ3) is 2.68. The largest absolute Gasteiger partial charge is 0.261 e. The Balaban J connectivity index is 2.58. The molecule has 6 heteroatoms. The Morgan fingerprint density at radius 1 is 1.00 bits per heavy atom. The monoisotopic (exact) mass is 288 g/mol. The molecule has 2 aromatic carbocycles. The molecule has 0 saturated carbocycles. The molecular weight excluding hydrogens is 282 g/mol. The first-order valence-electron chi connectivity index (χ1n) is 4.88. The SMILES string of the molecule is O=S(=O)(Cl)c1cccc(-c2ccc(F)cc2F)c1. The standard InChI is InChI=1S/C12H7ClF2O2S/c13-18(16,17)10-3-1-2-8(6-10)11-5-4-9(14)7-12(11)15/h1-7H. The highest BCUT2D eigenvalue weighted by molar-refractivity contribution is 8.13. The Morgan fingerprint density at radius 2 is 1.72 bits per heavy atom. The van der Waals surface area contributed by atoms with Crippen molar-refractivity contribution in [1.29, 1.82) is 0 Å². The third-order valence-electron chi connectivity index (χ3n) is 2.36. The van der Waals surface area contributed by atoms with Crippen molar-refractivity contribution in [2.75, 3.05) is 0 Å². The Bertz CT molecular complexity index is 699. The molecule has 0 aliphatic heterocycles. The average molecular weight is 289 g/mol. The number of hydrogen-bond acceptors (Lipinski definition) is 2. The second-order valence-corrected chi connectivity index (χ2v) is 6.16. The molecule has 2 aromatic rings. The molecule has 0 bridgehead atoms. The zero-order valence-electron chi connectivity index (χ0n) is 8.90. The number of benzene rings is 2. The second-order valence-electron chi connectivity index (χ2n) is 3.59. The molecule has 18 heavy (non-hydrogen) atoms. The normalized spacial score (nSPS) is 11.5. The highest BCUT2D eigenvalue weighted by atomic mass is 35.7. The maximum atomic E-state index is 13.5. The van der Waals surface area contributed by atoms with Gasteiger partial charge in [-0.3, -0.25) is 0 Å². The number of halogens is 3. The first-order chi connectivity index (χ1) is 8.38. The highest BCUT2D eigenvalue weighted by Gasteiger charge is 2.12. The predicted octanol–water partition coefficient (Wildman–Crippen LogP) is 3.56. The van der Waals surface area contributed by atoms with Crippen molar-refractivity contribution in [2.24, 2.45) is 0 Å². The molecule has 0 heterocycles. The van der Waals surface area contributed by atoms with Gasteiger partial charge < -0.3 is 0 Å². The van der Waals surface area contributed by atoms with Gasteiger partial charge in [0.05, 0.1) is 4.90 Å². The van der Waals surface area contributed by atoms with E-state index in [0.29, 0.717) is 5.56 Å². The molecule has 0 spiro atoms. The first-order valence-corrected chi connectivity index (χ1v) is 7.19. The highest BCUT2D eigenvalue weighted by Crippen LogP contribution is 2.26. The number of rotatable bonds is 2. The molecule has 0 fully saturated rings. The zero-order chi connectivity index (χ0) is 13.3. The van der Waals surface area contributed by atoms with Gasteiger partial charge >= 0.3 is 0 Å². The van der Waals surface area contributed by atoms with E-state index in [2.05, 4.69) is 0 Å². The Labute approximate surface area is 107 Å². The fraction of sp³-hybridized carbons (Fsp3) is 0. The molecule has 0 saturated heterocycles. The van der Waals surface area contributed by atoms with Gasteiger partial charge in [-0.25, -0.2) is 17.2 Å². The average Bonchev–Trinajstić information content (AvgIpc) is 2.28. The summed E-state index contributed by atoms with van der Waals surface area (Å²) in [4.78, 5) is -0.134. The topological polar surface area (TPSA) is 34.1 Å². The van der Waals surface area contributed by atoms with Gasteiger partial charge in [0.2, 0.25) is 0 Å². The summed E-state index contributed by atoms with van der Waals surface area (Å²) in [5.41, 5.74) is 0.424. The van der Waals surface area contributed by atoms with Gasteiger partial charge in [-0.15, -0.1) is 0 Å². The lowest BCUT2D eigenvalue weighted by molar-refractivity contribution is 0.585. The summed E-state index contributed by atoms with van der Waals surface area (Å²) in [6.07, 6.45) is 0. The van der Waals surface area contributed by atoms with Crippen LogP contribution < -0.4 is 0 Å². The van der Waals surface area contributed by atoms with Crippen molar-refractivity contribution in [3.63, 3.8) is 0 Å². The minimum absolute atomic E-state index is 0.110. The molecule has 2 rings (SSSR count). The molecule has 0 amide bonds. The summed E-state index contributed by atoms with van der Waals surface area (Å²) in [6.45, 7) is 0. The maximum Gasteiger partial charge on any atom is 0.261 e. The molecular formula is C12H7ClF2O2S. The Hall–Kier alpha value is -1.46. The van der Waals surface area contributed by atoms with Crippen LogP contribution in [0.15, 0.2) is 47.4 Å². The van der Waals surface area contributed by atoms with E-state index in [1.54, 1.807) is 0 Å². The Morgan fingerprint density at radius 3 is 2.33 bits per heavy atom. The minimum Gasteiger partial charge on any atom is -0.207 e.